The second kappa shape index (κ2) is 11.1. The SMILES string of the molecule is CC(C)C[C@@H](CO)NC(=O)Nc1ccc2cnc(Nc3ccc(N4CCNCC4)cc3)nc2n1. The summed E-state index contributed by atoms with van der Waals surface area (Å²) in [5.41, 5.74) is 2.54. The van der Waals surface area contributed by atoms with Gasteiger partial charge in [-0.05, 0) is 48.7 Å². The van der Waals surface area contributed by atoms with Crippen LogP contribution in [0.5, 0.6) is 0 Å². The number of rotatable bonds is 8. The van der Waals surface area contributed by atoms with Crippen molar-refractivity contribution in [1.82, 2.24) is 25.6 Å². The first-order chi connectivity index (χ1) is 16.5. The van der Waals surface area contributed by atoms with Crippen molar-refractivity contribution in [3.63, 3.8) is 0 Å². The Labute approximate surface area is 199 Å². The molecule has 1 atom stereocenters. The molecule has 3 aromatic rings. The fourth-order valence-corrected chi connectivity index (χ4v) is 3.93. The molecule has 34 heavy (non-hydrogen) atoms. The quantitative estimate of drug-likeness (QED) is 0.344. The lowest BCUT2D eigenvalue weighted by Gasteiger charge is -2.29. The first-order valence-electron chi connectivity index (χ1n) is 11.6. The molecule has 0 spiro atoms. The van der Waals surface area contributed by atoms with Crippen molar-refractivity contribution in [3.05, 3.63) is 42.6 Å². The van der Waals surface area contributed by atoms with Crippen molar-refractivity contribution in [1.29, 1.82) is 0 Å². The standard InChI is InChI=1S/C24H32N8O2/c1-16(2)13-19(15-33)28-24(34)30-21-8-3-17-14-26-23(31-22(17)29-21)27-18-4-6-20(7-5-18)32-11-9-25-10-12-32/h3-8,14,16,19,25,33H,9-13,15H2,1-2H3,(H3,26,27,28,29,30,31,34)/t19-/m0/s1. The van der Waals surface area contributed by atoms with Crippen LogP contribution in [0.15, 0.2) is 42.6 Å². The zero-order chi connectivity index (χ0) is 23.9. The molecular weight excluding hydrogens is 432 g/mol. The molecule has 3 heterocycles. The number of fused-ring (bicyclic) bond motifs is 1. The number of pyridine rings is 1. The Morgan fingerprint density at radius 3 is 2.59 bits per heavy atom. The molecule has 0 unspecified atom stereocenters. The van der Waals surface area contributed by atoms with E-state index in [1.54, 1.807) is 12.3 Å². The molecule has 1 fully saturated rings. The third-order valence-electron chi connectivity index (χ3n) is 5.60. The number of benzene rings is 1. The Morgan fingerprint density at radius 2 is 1.88 bits per heavy atom. The second-order valence-electron chi connectivity index (χ2n) is 8.82. The number of aliphatic hydroxyl groups excluding tert-OH is 1. The molecule has 1 aromatic carbocycles. The lowest BCUT2D eigenvalue weighted by molar-refractivity contribution is 0.214. The number of hydrogen-bond acceptors (Lipinski definition) is 8. The van der Waals surface area contributed by atoms with Crippen LogP contribution in [0.2, 0.25) is 0 Å². The molecule has 0 saturated carbocycles. The molecule has 5 N–H and O–H groups in total. The Hall–Kier alpha value is -3.50. The highest BCUT2D eigenvalue weighted by atomic mass is 16.3. The molecular formula is C24H32N8O2. The van der Waals surface area contributed by atoms with Crippen molar-refractivity contribution in [2.24, 2.45) is 5.92 Å². The summed E-state index contributed by atoms with van der Waals surface area (Å²) in [7, 11) is 0. The number of carbonyl (C=O) groups excluding carboxylic acids is 1. The van der Waals surface area contributed by atoms with E-state index >= 15 is 0 Å². The van der Waals surface area contributed by atoms with Crippen molar-refractivity contribution < 1.29 is 9.90 Å². The van der Waals surface area contributed by atoms with Crippen LogP contribution in [0.25, 0.3) is 11.0 Å². The molecule has 10 heteroatoms. The molecule has 1 aliphatic rings. The van der Waals surface area contributed by atoms with E-state index in [1.807, 2.05) is 32.0 Å². The van der Waals surface area contributed by atoms with E-state index in [9.17, 15) is 9.90 Å². The van der Waals surface area contributed by atoms with Gasteiger partial charge in [0.1, 0.15) is 5.82 Å². The Morgan fingerprint density at radius 1 is 1.12 bits per heavy atom. The predicted octanol–water partition coefficient (Wildman–Crippen LogP) is 2.71. The lowest BCUT2D eigenvalue weighted by Crippen LogP contribution is -2.43. The Balaban J connectivity index is 1.41. The van der Waals surface area contributed by atoms with Gasteiger partial charge in [0.05, 0.1) is 12.6 Å². The van der Waals surface area contributed by atoms with Crippen LogP contribution in [0.4, 0.5) is 27.9 Å². The van der Waals surface area contributed by atoms with Gasteiger partial charge in [0, 0.05) is 49.1 Å². The minimum absolute atomic E-state index is 0.116. The molecule has 4 rings (SSSR count). The fourth-order valence-electron chi connectivity index (χ4n) is 3.93. The highest BCUT2D eigenvalue weighted by Gasteiger charge is 2.14. The second-order valence-corrected chi connectivity index (χ2v) is 8.82. The first-order valence-corrected chi connectivity index (χ1v) is 11.6. The number of aromatic nitrogens is 3. The first kappa shape index (κ1) is 23.7. The Bertz CT molecular complexity index is 1100. The average molecular weight is 465 g/mol. The molecule has 2 aromatic heterocycles. The van der Waals surface area contributed by atoms with Gasteiger partial charge in [-0.25, -0.2) is 14.8 Å². The number of carbonyl (C=O) groups is 1. The van der Waals surface area contributed by atoms with Gasteiger partial charge in [0.15, 0.2) is 5.65 Å². The highest BCUT2D eigenvalue weighted by Crippen LogP contribution is 2.21. The van der Waals surface area contributed by atoms with Crippen molar-refractivity contribution >= 4 is 40.2 Å². The third kappa shape index (κ3) is 6.30. The van der Waals surface area contributed by atoms with Crippen molar-refractivity contribution in [2.45, 2.75) is 26.3 Å². The number of anilines is 4. The number of nitrogens with zero attached hydrogens (tertiary/aromatic N) is 4. The number of hydrogen-bond donors (Lipinski definition) is 5. The maximum atomic E-state index is 12.3. The minimum atomic E-state index is -0.413. The summed E-state index contributed by atoms with van der Waals surface area (Å²) in [5.74, 6) is 1.15. The molecule has 0 bridgehead atoms. The van der Waals surface area contributed by atoms with E-state index < -0.39 is 6.03 Å². The summed E-state index contributed by atoms with van der Waals surface area (Å²) in [4.78, 5) is 28.0. The number of amides is 2. The molecule has 10 nitrogen and oxygen atoms in total. The van der Waals surface area contributed by atoms with E-state index in [2.05, 4.69) is 53.3 Å². The van der Waals surface area contributed by atoms with Gasteiger partial charge < -0.3 is 26.0 Å². The third-order valence-corrected chi connectivity index (χ3v) is 5.60. The van der Waals surface area contributed by atoms with Gasteiger partial charge in [-0.1, -0.05) is 13.8 Å². The van der Waals surface area contributed by atoms with Crippen LogP contribution in [0.1, 0.15) is 20.3 Å². The number of aliphatic hydroxyl groups is 1. The number of piperazine rings is 1. The van der Waals surface area contributed by atoms with Crippen LogP contribution >= 0.6 is 0 Å². The van der Waals surface area contributed by atoms with Crippen LogP contribution < -0.4 is 26.2 Å². The van der Waals surface area contributed by atoms with Crippen LogP contribution in [0.3, 0.4) is 0 Å². The summed E-state index contributed by atoms with van der Waals surface area (Å²) in [6.45, 7) is 7.96. The maximum absolute atomic E-state index is 12.3. The highest BCUT2D eigenvalue weighted by molar-refractivity contribution is 5.90. The molecule has 180 valence electrons. The van der Waals surface area contributed by atoms with Gasteiger partial charge >= 0.3 is 6.03 Å². The van der Waals surface area contributed by atoms with Gasteiger partial charge in [-0.2, -0.15) is 4.98 Å². The van der Waals surface area contributed by atoms with E-state index in [0.29, 0.717) is 29.8 Å². The average Bonchev–Trinajstić information content (AvgIpc) is 2.84. The summed E-state index contributed by atoms with van der Waals surface area (Å²) in [6.07, 6.45) is 2.38. The van der Waals surface area contributed by atoms with Gasteiger partial charge in [0.2, 0.25) is 5.95 Å². The smallest absolute Gasteiger partial charge is 0.320 e. The zero-order valence-electron chi connectivity index (χ0n) is 19.6. The summed E-state index contributed by atoms with van der Waals surface area (Å²) >= 11 is 0. The van der Waals surface area contributed by atoms with Crippen LogP contribution in [-0.2, 0) is 0 Å². The van der Waals surface area contributed by atoms with Gasteiger partial charge in [0.25, 0.3) is 0 Å². The normalized spacial score (nSPS) is 14.8. The number of nitrogens with one attached hydrogen (secondary N) is 4. The molecule has 1 saturated heterocycles. The monoisotopic (exact) mass is 464 g/mol. The predicted molar refractivity (Wildman–Crippen MR) is 135 cm³/mol. The van der Waals surface area contributed by atoms with Crippen LogP contribution in [0, 0.1) is 5.92 Å². The molecule has 0 aliphatic carbocycles. The van der Waals surface area contributed by atoms with Crippen molar-refractivity contribution in [3.8, 4) is 0 Å². The fraction of sp³-hybridized carbons (Fsp3) is 0.417. The van der Waals surface area contributed by atoms with E-state index in [0.717, 1.165) is 37.3 Å². The molecule has 1 aliphatic heterocycles. The van der Waals surface area contributed by atoms with Gasteiger partial charge in [-0.3, -0.25) is 5.32 Å². The summed E-state index contributed by atoms with van der Waals surface area (Å²) in [6, 6.07) is 11.0. The maximum Gasteiger partial charge on any atom is 0.320 e. The summed E-state index contributed by atoms with van der Waals surface area (Å²) < 4.78 is 0. The zero-order valence-corrected chi connectivity index (χ0v) is 19.6. The van der Waals surface area contributed by atoms with E-state index in [4.69, 9.17) is 0 Å². The van der Waals surface area contributed by atoms with E-state index in [1.165, 1.54) is 5.69 Å². The largest absolute Gasteiger partial charge is 0.394 e. The van der Waals surface area contributed by atoms with Crippen molar-refractivity contribution in [2.75, 3.05) is 48.3 Å². The molecule has 2 amide bonds. The molecule has 0 radical (unpaired) electrons. The van der Waals surface area contributed by atoms with Crippen LogP contribution in [-0.4, -0.2) is 64.9 Å². The minimum Gasteiger partial charge on any atom is -0.394 e. The topological polar surface area (TPSA) is 127 Å². The van der Waals surface area contributed by atoms with Gasteiger partial charge in [-0.15, -0.1) is 0 Å². The summed E-state index contributed by atoms with van der Waals surface area (Å²) in [5, 5.41) is 22.3. The number of urea groups is 1. The Kier molecular flexibility index (Phi) is 7.71. The lowest BCUT2D eigenvalue weighted by atomic mass is 10.0. The van der Waals surface area contributed by atoms with E-state index in [-0.39, 0.29) is 12.6 Å².